The Bertz CT molecular complexity index is 1490. The lowest BCUT2D eigenvalue weighted by Gasteiger charge is -2.26. The Balaban J connectivity index is 1.68. The number of aliphatic hydroxyl groups excluding tert-OH is 1. The number of benzene rings is 2. The molecule has 2 atom stereocenters. The lowest BCUT2D eigenvalue weighted by molar-refractivity contribution is -0.130. The van der Waals surface area contributed by atoms with Gasteiger partial charge in [0.05, 0.1) is 34.7 Å². The van der Waals surface area contributed by atoms with E-state index in [1.54, 1.807) is 19.1 Å². The van der Waals surface area contributed by atoms with Crippen molar-refractivity contribution < 1.29 is 35.7 Å². The number of hydrogen-bond donors (Lipinski definition) is 2. The summed E-state index contributed by atoms with van der Waals surface area (Å²) < 4.78 is 67.7. The van der Waals surface area contributed by atoms with Crippen LogP contribution in [0.2, 0.25) is 10.0 Å². The van der Waals surface area contributed by atoms with Crippen LogP contribution in [0.5, 0.6) is 5.75 Å². The first-order valence-corrected chi connectivity index (χ1v) is 14.7. The fourth-order valence-electron chi connectivity index (χ4n) is 4.52. The zero-order chi connectivity index (χ0) is 29.2. The average Bonchev–Trinajstić information content (AvgIpc) is 3.19. The van der Waals surface area contributed by atoms with E-state index in [0.717, 1.165) is 12.8 Å². The van der Waals surface area contributed by atoms with Gasteiger partial charge in [0.25, 0.3) is 5.91 Å². The van der Waals surface area contributed by atoms with Gasteiger partial charge in [-0.2, -0.15) is 26.7 Å². The van der Waals surface area contributed by atoms with Crippen molar-refractivity contribution in [1.29, 1.82) is 0 Å². The van der Waals surface area contributed by atoms with Gasteiger partial charge in [-0.05, 0) is 75.1 Å². The molecule has 0 spiro atoms. The molecule has 1 heterocycles. The molecule has 2 unspecified atom stereocenters. The summed E-state index contributed by atoms with van der Waals surface area (Å²) in [6.45, 7) is 1.69. The molecule has 14 heteroatoms. The standard InChI is InChI=1S/C26H26Cl2F3N3O5S/c1-15-23(25(36)32-18-3-2-4-19(35)14-18)33-34(22-10-7-17(27)13-21(22)28)24(15)16-5-8-20(9-6-16)39-40(37,38)12-11-26(29,30)31/h5-10,13,18-19,35H,2-4,11-12,14H2,1H3,(H,32,36). The minimum absolute atomic E-state index is 0.121. The van der Waals surface area contributed by atoms with Gasteiger partial charge in [-0.3, -0.25) is 4.79 Å². The number of carbonyl (C=O) groups excluding carboxylic acids is 1. The number of rotatable bonds is 8. The Morgan fingerprint density at radius 3 is 2.50 bits per heavy atom. The van der Waals surface area contributed by atoms with Gasteiger partial charge >= 0.3 is 16.3 Å². The number of nitrogens with one attached hydrogen (secondary N) is 1. The Morgan fingerprint density at radius 2 is 1.88 bits per heavy atom. The number of aromatic nitrogens is 2. The second-order valence-electron chi connectivity index (χ2n) is 9.56. The van der Waals surface area contributed by atoms with E-state index in [0.29, 0.717) is 40.4 Å². The summed E-state index contributed by atoms with van der Waals surface area (Å²) in [6, 6.07) is 10.1. The summed E-state index contributed by atoms with van der Waals surface area (Å²) in [7, 11) is -4.48. The topological polar surface area (TPSA) is 111 Å². The molecule has 8 nitrogen and oxygen atoms in total. The van der Waals surface area contributed by atoms with Crippen LogP contribution in [0.1, 0.15) is 48.2 Å². The summed E-state index contributed by atoms with van der Waals surface area (Å²) in [4.78, 5) is 13.3. The third-order valence-electron chi connectivity index (χ3n) is 6.44. The van der Waals surface area contributed by atoms with Crippen LogP contribution in [-0.2, 0) is 10.1 Å². The fraction of sp³-hybridized carbons (Fsp3) is 0.385. The third kappa shape index (κ3) is 7.48. The largest absolute Gasteiger partial charge is 0.393 e. The molecule has 0 aliphatic heterocycles. The summed E-state index contributed by atoms with van der Waals surface area (Å²) in [6.07, 6.45) is -4.02. The number of nitrogens with zero attached hydrogens (tertiary/aromatic N) is 2. The highest BCUT2D eigenvalue weighted by Crippen LogP contribution is 2.34. The lowest BCUT2D eigenvalue weighted by atomic mass is 9.93. The number of aliphatic hydroxyl groups is 1. The summed E-state index contributed by atoms with van der Waals surface area (Å²) in [5.41, 5.74) is 2.00. The number of hydrogen-bond acceptors (Lipinski definition) is 6. The Morgan fingerprint density at radius 1 is 1.18 bits per heavy atom. The van der Waals surface area contributed by atoms with E-state index >= 15 is 0 Å². The van der Waals surface area contributed by atoms with Crippen molar-refractivity contribution in [2.45, 2.75) is 57.3 Å². The highest BCUT2D eigenvalue weighted by Gasteiger charge is 2.31. The monoisotopic (exact) mass is 619 g/mol. The van der Waals surface area contributed by atoms with Crippen LogP contribution in [0.3, 0.4) is 0 Å². The number of carbonyl (C=O) groups is 1. The zero-order valence-electron chi connectivity index (χ0n) is 21.2. The molecule has 0 saturated heterocycles. The quantitative estimate of drug-likeness (QED) is 0.306. The number of halogens is 5. The van der Waals surface area contributed by atoms with Crippen LogP contribution in [0.4, 0.5) is 13.2 Å². The molecule has 1 aliphatic carbocycles. The van der Waals surface area contributed by atoms with Gasteiger partial charge in [0.15, 0.2) is 5.69 Å². The molecule has 4 rings (SSSR count). The average molecular weight is 620 g/mol. The zero-order valence-corrected chi connectivity index (χ0v) is 23.5. The van der Waals surface area contributed by atoms with Crippen LogP contribution in [0, 0.1) is 6.92 Å². The number of amides is 1. The van der Waals surface area contributed by atoms with Crippen molar-refractivity contribution in [1.82, 2.24) is 15.1 Å². The van der Waals surface area contributed by atoms with Crippen LogP contribution in [0.15, 0.2) is 42.5 Å². The molecule has 1 aliphatic rings. The minimum atomic E-state index is -4.64. The third-order valence-corrected chi connectivity index (χ3v) is 8.13. The molecule has 216 valence electrons. The predicted molar refractivity (Wildman–Crippen MR) is 145 cm³/mol. The highest BCUT2D eigenvalue weighted by atomic mass is 35.5. The van der Waals surface area contributed by atoms with E-state index in [2.05, 4.69) is 10.4 Å². The van der Waals surface area contributed by atoms with Gasteiger partial charge in [-0.15, -0.1) is 0 Å². The second-order valence-corrected chi connectivity index (χ2v) is 12.1. The maximum absolute atomic E-state index is 13.3. The van der Waals surface area contributed by atoms with E-state index in [4.69, 9.17) is 27.4 Å². The minimum Gasteiger partial charge on any atom is -0.393 e. The molecule has 2 aromatic carbocycles. The molecule has 40 heavy (non-hydrogen) atoms. The van der Waals surface area contributed by atoms with Crippen molar-refractivity contribution in [2.75, 3.05) is 5.75 Å². The van der Waals surface area contributed by atoms with Crippen molar-refractivity contribution in [3.63, 3.8) is 0 Å². The maximum atomic E-state index is 13.3. The molecule has 1 amide bonds. The summed E-state index contributed by atoms with van der Waals surface area (Å²) in [5, 5.41) is 18.1. The van der Waals surface area contributed by atoms with Crippen molar-refractivity contribution >= 4 is 39.2 Å². The van der Waals surface area contributed by atoms with Crippen LogP contribution >= 0.6 is 23.2 Å². The van der Waals surface area contributed by atoms with E-state index in [1.165, 1.54) is 35.0 Å². The molecule has 1 aromatic heterocycles. The maximum Gasteiger partial charge on any atom is 0.390 e. The van der Waals surface area contributed by atoms with E-state index in [-0.39, 0.29) is 22.5 Å². The molecule has 0 bridgehead atoms. The lowest BCUT2D eigenvalue weighted by Crippen LogP contribution is -2.40. The van der Waals surface area contributed by atoms with E-state index in [9.17, 15) is 31.5 Å². The van der Waals surface area contributed by atoms with Crippen LogP contribution < -0.4 is 9.50 Å². The molecule has 1 fully saturated rings. The Labute approximate surface area is 239 Å². The first kappa shape index (κ1) is 30.2. The van der Waals surface area contributed by atoms with Crippen molar-refractivity contribution in [3.8, 4) is 22.7 Å². The van der Waals surface area contributed by atoms with Gasteiger partial charge in [-0.1, -0.05) is 23.2 Å². The summed E-state index contributed by atoms with van der Waals surface area (Å²) >= 11 is 12.5. The normalized spacial score (nSPS) is 18.0. The first-order valence-electron chi connectivity index (χ1n) is 12.4. The van der Waals surface area contributed by atoms with E-state index < -0.39 is 40.5 Å². The second kappa shape index (κ2) is 12.0. The molecule has 0 radical (unpaired) electrons. The summed E-state index contributed by atoms with van der Waals surface area (Å²) in [5.74, 6) is -1.82. The fourth-order valence-corrected chi connectivity index (χ4v) is 5.98. The van der Waals surface area contributed by atoms with E-state index in [1.807, 2.05) is 0 Å². The van der Waals surface area contributed by atoms with Gasteiger partial charge in [0.2, 0.25) is 0 Å². The highest BCUT2D eigenvalue weighted by molar-refractivity contribution is 7.87. The smallest absolute Gasteiger partial charge is 0.390 e. The van der Waals surface area contributed by atoms with Gasteiger partial charge < -0.3 is 14.6 Å². The van der Waals surface area contributed by atoms with Crippen LogP contribution in [-0.4, -0.2) is 53.3 Å². The SMILES string of the molecule is Cc1c(C(=O)NC2CCCC(O)C2)nn(-c2ccc(Cl)cc2Cl)c1-c1ccc(OS(=O)(=O)CCC(F)(F)F)cc1. The molecular formula is C26H26Cl2F3N3O5S. The predicted octanol–water partition coefficient (Wildman–Crippen LogP) is 5.85. The molecule has 2 N–H and O–H groups in total. The van der Waals surface area contributed by atoms with Crippen LogP contribution in [0.25, 0.3) is 16.9 Å². The molecule has 3 aromatic rings. The number of alkyl halides is 3. The molecular weight excluding hydrogens is 594 g/mol. The van der Waals surface area contributed by atoms with Crippen molar-refractivity contribution in [2.24, 2.45) is 0 Å². The Hall–Kier alpha value is -2.80. The van der Waals surface area contributed by atoms with Crippen molar-refractivity contribution in [3.05, 3.63) is 63.8 Å². The molecule has 1 saturated carbocycles. The first-order chi connectivity index (χ1) is 18.7. The van der Waals surface area contributed by atoms with Gasteiger partial charge in [0.1, 0.15) is 5.75 Å². The van der Waals surface area contributed by atoms with Gasteiger partial charge in [-0.25, -0.2) is 4.68 Å². The Kier molecular flexibility index (Phi) is 9.03. The van der Waals surface area contributed by atoms with Gasteiger partial charge in [0, 0.05) is 22.2 Å².